The van der Waals surface area contributed by atoms with Crippen molar-refractivity contribution < 1.29 is 14.3 Å². The lowest BCUT2D eigenvalue weighted by Gasteiger charge is -2.37. The van der Waals surface area contributed by atoms with Crippen molar-refractivity contribution >= 4 is 5.97 Å². The van der Waals surface area contributed by atoms with Crippen molar-refractivity contribution in [3.05, 3.63) is 18.4 Å². The van der Waals surface area contributed by atoms with Gasteiger partial charge in [0.15, 0.2) is 5.76 Å². The van der Waals surface area contributed by atoms with Crippen LogP contribution >= 0.6 is 0 Å². The summed E-state index contributed by atoms with van der Waals surface area (Å²) in [6.07, 6.45) is 3.80. The van der Waals surface area contributed by atoms with Gasteiger partial charge in [0.1, 0.15) is 0 Å². The van der Waals surface area contributed by atoms with Crippen LogP contribution in [0.4, 0.5) is 0 Å². The van der Waals surface area contributed by atoms with Gasteiger partial charge in [-0.1, -0.05) is 6.42 Å². The molecule has 0 amide bonds. The molecule has 7 nitrogen and oxygen atoms in total. The Balaban J connectivity index is 1.90. The monoisotopic (exact) mass is 248 g/mol. The molecule has 3 rings (SSSR count). The number of hydrogen-bond donors (Lipinski definition) is 1. The summed E-state index contributed by atoms with van der Waals surface area (Å²) in [7, 11) is 0. The Morgan fingerprint density at radius 3 is 2.94 bits per heavy atom. The molecule has 0 unspecified atom stereocenters. The first-order valence-electron chi connectivity index (χ1n) is 5.75. The molecule has 2 heterocycles. The summed E-state index contributed by atoms with van der Waals surface area (Å²) in [6, 6.07) is 3.49. The van der Waals surface area contributed by atoms with E-state index >= 15 is 0 Å². The lowest BCUT2D eigenvalue weighted by Crippen LogP contribution is -2.42. The summed E-state index contributed by atoms with van der Waals surface area (Å²) in [5.74, 6) is 0.224. The highest BCUT2D eigenvalue weighted by atomic mass is 16.4. The summed E-state index contributed by atoms with van der Waals surface area (Å²) >= 11 is 0. The molecular weight excluding hydrogens is 236 g/mol. The number of hydrogen-bond acceptors (Lipinski definition) is 5. The molecule has 1 aliphatic rings. The predicted octanol–water partition coefficient (Wildman–Crippen LogP) is 1.19. The zero-order chi connectivity index (χ0) is 12.6. The fraction of sp³-hybridized carbons (Fsp3) is 0.455. The van der Waals surface area contributed by atoms with Crippen molar-refractivity contribution in [3.8, 4) is 11.6 Å². The summed E-state index contributed by atoms with van der Waals surface area (Å²) in [6.45, 7) is 0.283. The van der Waals surface area contributed by atoms with Gasteiger partial charge in [0, 0.05) is 0 Å². The second-order valence-corrected chi connectivity index (χ2v) is 4.58. The third-order valence-electron chi connectivity index (χ3n) is 3.49. The molecular formula is C11H12N4O3. The Morgan fingerprint density at radius 1 is 1.56 bits per heavy atom. The van der Waals surface area contributed by atoms with E-state index in [-0.39, 0.29) is 6.54 Å². The van der Waals surface area contributed by atoms with Crippen LogP contribution in [0.1, 0.15) is 19.3 Å². The van der Waals surface area contributed by atoms with E-state index in [2.05, 4.69) is 15.5 Å². The number of furan rings is 1. The van der Waals surface area contributed by atoms with Crippen molar-refractivity contribution in [2.24, 2.45) is 5.41 Å². The van der Waals surface area contributed by atoms with Crippen molar-refractivity contribution in [1.82, 2.24) is 20.2 Å². The van der Waals surface area contributed by atoms with Crippen LogP contribution in [0.25, 0.3) is 11.6 Å². The molecule has 1 N–H and O–H groups in total. The van der Waals surface area contributed by atoms with E-state index in [1.807, 2.05) is 0 Å². The van der Waals surface area contributed by atoms with Gasteiger partial charge in [0.05, 0.1) is 18.2 Å². The van der Waals surface area contributed by atoms with E-state index < -0.39 is 11.4 Å². The molecule has 1 aliphatic carbocycles. The fourth-order valence-electron chi connectivity index (χ4n) is 2.22. The fourth-order valence-corrected chi connectivity index (χ4v) is 2.22. The van der Waals surface area contributed by atoms with Crippen LogP contribution in [0, 0.1) is 5.41 Å². The quantitative estimate of drug-likeness (QED) is 0.873. The highest BCUT2D eigenvalue weighted by Gasteiger charge is 2.45. The summed E-state index contributed by atoms with van der Waals surface area (Å²) < 4.78 is 6.74. The van der Waals surface area contributed by atoms with Gasteiger partial charge in [0.2, 0.25) is 5.82 Å². The Morgan fingerprint density at radius 2 is 2.39 bits per heavy atom. The molecule has 0 bridgehead atoms. The zero-order valence-electron chi connectivity index (χ0n) is 9.61. The Kier molecular flexibility index (Phi) is 2.39. The van der Waals surface area contributed by atoms with Crippen LogP contribution in [-0.2, 0) is 11.3 Å². The van der Waals surface area contributed by atoms with Crippen LogP contribution < -0.4 is 0 Å². The van der Waals surface area contributed by atoms with E-state index in [0.29, 0.717) is 24.4 Å². The number of rotatable bonds is 4. The molecule has 94 valence electrons. The first-order valence-corrected chi connectivity index (χ1v) is 5.75. The molecule has 0 spiro atoms. The van der Waals surface area contributed by atoms with Gasteiger partial charge in [-0.25, -0.2) is 4.68 Å². The number of aliphatic carboxylic acids is 1. The second kappa shape index (κ2) is 3.94. The maximum atomic E-state index is 11.3. The number of nitrogens with zero attached hydrogens (tertiary/aromatic N) is 4. The van der Waals surface area contributed by atoms with E-state index in [1.165, 1.54) is 10.9 Å². The summed E-state index contributed by atoms with van der Waals surface area (Å²) in [4.78, 5) is 11.3. The maximum Gasteiger partial charge on any atom is 0.311 e. The highest BCUT2D eigenvalue weighted by Crippen LogP contribution is 2.42. The van der Waals surface area contributed by atoms with Crippen LogP contribution in [-0.4, -0.2) is 31.3 Å². The number of carbonyl (C=O) groups is 1. The average Bonchev–Trinajstić information content (AvgIpc) is 2.93. The third kappa shape index (κ3) is 1.59. The molecule has 0 saturated heterocycles. The standard InChI is InChI=1S/C11H12N4O3/c16-10(17)11(4-2-5-11)7-15-9(12-13-14-15)8-3-1-6-18-8/h1,3,6H,2,4-5,7H2,(H,16,17). The van der Waals surface area contributed by atoms with Crippen LogP contribution in [0.15, 0.2) is 22.8 Å². The normalized spacial score (nSPS) is 17.3. The maximum absolute atomic E-state index is 11.3. The lowest BCUT2D eigenvalue weighted by molar-refractivity contribution is -0.156. The molecule has 1 fully saturated rings. The third-order valence-corrected chi connectivity index (χ3v) is 3.49. The molecule has 18 heavy (non-hydrogen) atoms. The minimum Gasteiger partial charge on any atom is -0.481 e. The number of carboxylic acids is 1. The van der Waals surface area contributed by atoms with Gasteiger partial charge >= 0.3 is 5.97 Å². The predicted molar refractivity (Wildman–Crippen MR) is 59.4 cm³/mol. The van der Waals surface area contributed by atoms with Gasteiger partial charge < -0.3 is 9.52 Å². The summed E-state index contributed by atoms with van der Waals surface area (Å²) in [5.41, 5.74) is -0.725. The van der Waals surface area contributed by atoms with Crippen molar-refractivity contribution in [3.63, 3.8) is 0 Å². The summed E-state index contributed by atoms with van der Waals surface area (Å²) in [5, 5.41) is 20.6. The van der Waals surface area contributed by atoms with Crippen molar-refractivity contribution in [1.29, 1.82) is 0 Å². The Bertz CT molecular complexity index is 557. The molecule has 2 aromatic rings. The van der Waals surface area contributed by atoms with Gasteiger partial charge in [-0.2, -0.15) is 0 Å². The minimum atomic E-state index is -0.783. The first kappa shape index (κ1) is 10.9. The average molecular weight is 248 g/mol. The molecule has 0 aromatic carbocycles. The zero-order valence-corrected chi connectivity index (χ0v) is 9.61. The molecule has 7 heteroatoms. The van der Waals surface area contributed by atoms with Gasteiger partial charge in [-0.15, -0.1) is 5.10 Å². The number of tetrazole rings is 1. The molecule has 0 atom stereocenters. The molecule has 0 radical (unpaired) electrons. The molecule has 0 aliphatic heterocycles. The largest absolute Gasteiger partial charge is 0.481 e. The van der Waals surface area contributed by atoms with Crippen LogP contribution in [0.3, 0.4) is 0 Å². The van der Waals surface area contributed by atoms with Crippen LogP contribution in [0.2, 0.25) is 0 Å². The van der Waals surface area contributed by atoms with E-state index in [9.17, 15) is 9.90 Å². The number of carboxylic acid groups (broad SMARTS) is 1. The molecule has 1 saturated carbocycles. The van der Waals surface area contributed by atoms with Gasteiger partial charge in [0.25, 0.3) is 0 Å². The lowest BCUT2D eigenvalue weighted by atomic mass is 9.69. The highest BCUT2D eigenvalue weighted by molar-refractivity contribution is 5.75. The van der Waals surface area contributed by atoms with E-state index in [0.717, 1.165) is 6.42 Å². The van der Waals surface area contributed by atoms with Crippen molar-refractivity contribution in [2.45, 2.75) is 25.8 Å². The van der Waals surface area contributed by atoms with Gasteiger partial charge in [-0.05, 0) is 35.4 Å². The van der Waals surface area contributed by atoms with Crippen LogP contribution in [0.5, 0.6) is 0 Å². The minimum absolute atomic E-state index is 0.283. The Hall–Kier alpha value is -2.18. The SMILES string of the molecule is O=C(O)C1(Cn2nnnc2-c2ccco2)CCC1. The van der Waals surface area contributed by atoms with Crippen molar-refractivity contribution in [2.75, 3.05) is 0 Å². The molecule has 2 aromatic heterocycles. The Labute approximate surface area is 102 Å². The van der Waals surface area contributed by atoms with Gasteiger partial charge in [-0.3, -0.25) is 4.79 Å². The second-order valence-electron chi connectivity index (χ2n) is 4.58. The number of aromatic nitrogens is 4. The van der Waals surface area contributed by atoms with E-state index in [1.54, 1.807) is 12.1 Å². The topological polar surface area (TPSA) is 94.0 Å². The van der Waals surface area contributed by atoms with E-state index in [4.69, 9.17) is 4.42 Å². The first-order chi connectivity index (χ1) is 8.71. The smallest absolute Gasteiger partial charge is 0.311 e.